The van der Waals surface area contributed by atoms with Gasteiger partial charge in [-0.1, -0.05) is 30.3 Å². The van der Waals surface area contributed by atoms with Gasteiger partial charge in [0, 0.05) is 26.2 Å². The summed E-state index contributed by atoms with van der Waals surface area (Å²) in [5.41, 5.74) is 7.16. The average Bonchev–Trinajstić information content (AvgIpc) is 3.23. The molecule has 2 aliphatic heterocycles. The van der Waals surface area contributed by atoms with E-state index >= 15 is 0 Å². The molecule has 8 nitrogen and oxygen atoms in total. The molecule has 2 fully saturated rings. The maximum atomic E-state index is 11.6. The van der Waals surface area contributed by atoms with Gasteiger partial charge in [-0.2, -0.15) is 9.97 Å². The van der Waals surface area contributed by atoms with Crippen molar-refractivity contribution in [3.05, 3.63) is 46.0 Å². The normalized spacial score (nSPS) is 17.9. The van der Waals surface area contributed by atoms with E-state index in [1.807, 2.05) is 11.0 Å². The number of nitrogens with zero attached hydrogens (tertiary/aromatic N) is 5. The Labute approximate surface area is 164 Å². The molecule has 0 unspecified atom stereocenters. The van der Waals surface area contributed by atoms with Crippen LogP contribution in [0, 0.1) is 16.0 Å². The first-order chi connectivity index (χ1) is 13.6. The molecule has 2 saturated heterocycles. The first-order valence-electron chi connectivity index (χ1n) is 9.97. The SMILES string of the molecule is Nc1nc(N2CCCC2)nc(N2CCC(Cc3ccccc3)CC2)c1[N+](=O)[O-]. The Balaban J connectivity index is 1.52. The topological polar surface area (TPSA) is 101 Å². The van der Waals surface area contributed by atoms with Crippen molar-refractivity contribution >= 4 is 23.3 Å². The summed E-state index contributed by atoms with van der Waals surface area (Å²) < 4.78 is 0. The van der Waals surface area contributed by atoms with Crippen LogP contribution in [0.4, 0.5) is 23.3 Å². The fourth-order valence-electron chi connectivity index (χ4n) is 4.20. The number of nitrogen functional groups attached to an aromatic ring is 1. The molecule has 1 aromatic heterocycles. The number of rotatable bonds is 5. The zero-order valence-corrected chi connectivity index (χ0v) is 16.0. The second-order valence-corrected chi connectivity index (χ2v) is 7.65. The Morgan fingerprint density at radius 1 is 1.04 bits per heavy atom. The van der Waals surface area contributed by atoms with E-state index in [1.54, 1.807) is 0 Å². The number of nitrogens with two attached hydrogens (primary N) is 1. The van der Waals surface area contributed by atoms with Crippen LogP contribution in [0.1, 0.15) is 31.2 Å². The van der Waals surface area contributed by atoms with E-state index in [9.17, 15) is 10.1 Å². The second-order valence-electron chi connectivity index (χ2n) is 7.65. The van der Waals surface area contributed by atoms with Gasteiger partial charge in [0.25, 0.3) is 0 Å². The maximum absolute atomic E-state index is 11.6. The van der Waals surface area contributed by atoms with Crippen molar-refractivity contribution in [2.45, 2.75) is 32.1 Å². The van der Waals surface area contributed by atoms with Crippen LogP contribution in [0.2, 0.25) is 0 Å². The summed E-state index contributed by atoms with van der Waals surface area (Å²) in [4.78, 5) is 24.1. The predicted molar refractivity (Wildman–Crippen MR) is 110 cm³/mol. The lowest BCUT2D eigenvalue weighted by Gasteiger charge is -2.33. The quantitative estimate of drug-likeness (QED) is 0.626. The lowest BCUT2D eigenvalue weighted by molar-refractivity contribution is -0.383. The third-order valence-electron chi connectivity index (χ3n) is 5.73. The minimum atomic E-state index is -0.450. The highest BCUT2D eigenvalue weighted by Gasteiger charge is 2.31. The van der Waals surface area contributed by atoms with Gasteiger partial charge in [-0.3, -0.25) is 10.1 Å². The lowest BCUT2D eigenvalue weighted by Crippen LogP contribution is -2.36. The third kappa shape index (κ3) is 3.85. The fourth-order valence-corrected chi connectivity index (χ4v) is 4.20. The molecule has 148 valence electrons. The molecule has 0 amide bonds. The third-order valence-corrected chi connectivity index (χ3v) is 5.73. The van der Waals surface area contributed by atoms with E-state index in [-0.39, 0.29) is 11.5 Å². The highest BCUT2D eigenvalue weighted by molar-refractivity contribution is 5.71. The largest absolute Gasteiger partial charge is 0.378 e. The van der Waals surface area contributed by atoms with Gasteiger partial charge in [-0.05, 0) is 43.6 Å². The first-order valence-corrected chi connectivity index (χ1v) is 9.97. The van der Waals surface area contributed by atoms with E-state index in [2.05, 4.69) is 39.1 Å². The zero-order valence-electron chi connectivity index (χ0n) is 16.0. The Kier molecular flexibility index (Phi) is 5.27. The lowest BCUT2D eigenvalue weighted by atomic mass is 9.90. The molecule has 1 aromatic carbocycles. The van der Waals surface area contributed by atoms with Gasteiger partial charge in [-0.25, -0.2) is 0 Å². The molecule has 0 radical (unpaired) electrons. The van der Waals surface area contributed by atoms with Crippen molar-refractivity contribution in [3.63, 3.8) is 0 Å². The van der Waals surface area contributed by atoms with Gasteiger partial charge in [-0.15, -0.1) is 0 Å². The highest BCUT2D eigenvalue weighted by Crippen LogP contribution is 2.36. The van der Waals surface area contributed by atoms with Crippen LogP contribution >= 0.6 is 0 Å². The van der Waals surface area contributed by atoms with Gasteiger partial charge in [0.1, 0.15) is 0 Å². The molecular formula is C20H26N6O2. The zero-order chi connectivity index (χ0) is 19.5. The minimum absolute atomic E-state index is 0.0386. The summed E-state index contributed by atoms with van der Waals surface area (Å²) in [6, 6.07) is 10.5. The molecule has 0 bridgehead atoms. The summed E-state index contributed by atoms with van der Waals surface area (Å²) >= 11 is 0. The molecule has 2 aromatic rings. The van der Waals surface area contributed by atoms with Crippen LogP contribution in [0.5, 0.6) is 0 Å². The van der Waals surface area contributed by atoms with Gasteiger partial charge >= 0.3 is 5.69 Å². The van der Waals surface area contributed by atoms with Crippen molar-refractivity contribution in [2.75, 3.05) is 41.7 Å². The van der Waals surface area contributed by atoms with E-state index in [0.29, 0.717) is 17.7 Å². The summed E-state index contributed by atoms with van der Waals surface area (Å²) in [6.07, 6.45) is 5.17. The van der Waals surface area contributed by atoms with Crippen molar-refractivity contribution in [1.29, 1.82) is 0 Å². The molecule has 28 heavy (non-hydrogen) atoms. The maximum Gasteiger partial charge on any atom is 0.353 e. The Morgan fingerprint density at radius 3 is 2.36 bits per heavy atom. The van der Waals surface area contributed by atoms with E-state index in [1.165, 1.54) is 5.56 Å². The summed E-state index contributed by atoms with van der Waals surface area (Å²) in [6.45, 7) is 3.23. The summed E-state index contributed by atoms with van der Waals surface area (Å²) in [5, 5.41) is 11.6. The number of hydrogen-bond donors (Lipinski definition) is 1. The molecular weight excluding hydrogens is 356 g/mol. The highest BCUT2D eigenvalue weighted by atomic mass is 16.6. The van der Waals surface area contributed by atoms with Crippen molar-refractivity contribution in [1.82, 2.24) is 9.97 Å². The molecule has 0 atom stereocenters. The molecule has 8 heteroatoms. The number of anilines is 3. The Hall–Kier alpha value is -2.90. The summed E-state index contributed by atoms with van der Waals surface area (Å²) in [7, 11) is 0. The Bertz CT molecular complexity index is 830. The van der Waals surface area contributed by atoms with Crippen LogP contribution in [-0.4, -0.2) is 41.1 Å². The van der Waals surface area contributed by atoms with Crippen LogP contribution in [0.15, 0.2) is 30.3 Å². The van der Waals surface area contributed by atoms with E-state index in [4.69, 9.17) is 5.73 Å². The molecule has 3 heterocycles. The standard InChI is InChI=1S/C20H26N6O2/c21-18-17(26(27)28)19(23-20(22-18)25-10-4-5-11-25)24-12-8-16(9-13-24)14-15-6-2-1-3-7-15/h1-3,6-7,16H,4-5,8-14H2,(H2,21,22,23). The molecule has 4 rings (SSSR count). The van der Waals surface area contributed by atoms with Crippen molar-refractivity contribution in [2.24, 2.45) is 5.92 Å². The van der Waals surface area contributed by atoms with Gasteiger partial charge < -0.3 is 15.5 Å². The molecule has 2 N–H and O–H groups in total. The number of aromatic nitrogens is 2. The van der Waals surface area contributed by atoms with E-state index in [0.717, 1.165) is 58.3 Å². The van der Waals surface area contributed by atoms with Gasteiger partial charge in [0.05, 0.1) is 4.92 Å². The van der Waals surface area contributed by atoms with Crippen molar-refractivity contribution < 1.29 is 4.92 Å². The summed E-state index contributed by atoms with van der Waals surface area (Å²) in [5.74, 6) is 1.43. The molecule has 2 aliphatic rings. The monoisotopic (exact) mass is 382 g/mol. The number of nitro groups is 1. The number of benzene rings is 1. The van der Waals surface area contributed by atoms with E-state index < -0.39 is 4.92 Å². The van der Waals surface area contributed by atoms with Gasteiger partial charge in [0.2, 0.25) is 17.6 Å². The van der Waals surface area contributed by atoms with Crippen LogP contribution in [0.25, 0.3) is 0 Å². The smallest absolute Gasteiger partial charge is 0.353 e. The average molecular weight is 382 g/mol. The van der Waals surface area contributed by atoms with Crippen LogP contribution < -0.4 is 15.5 Å². The number of piperidine rings is 1. The van der Waals surface area contributed by atoms with Crippen LogP contribution in [-0.2, 0) is 6.42 Å². The first kappa shape index (κ1) is 18.5. The Morgan fingerprint density at radius 2 is 1.71 bits per heavy atom. The number of hydrogen-bond acceptors (Lipinski definition) is 7. The van der Waals surface area contributed by atoms with Crippen molar-refractivity contribution in [3.8, 4) is 0 Å². The fraction of sp³-hybridized carbons (Fsp3) is 0.500. The van der Waals surface area contributed by atoms with Gasteiger partial charge in [0.15, 0.2) is 0 Å². The predicted octanol–water partition coefficient (Wildman–Crippen LogP) is 3.03. The van der Waals surface area contributed by atoms with Crippen LogP contribution in [0.3, 0.4) is 0 Å². The molecule has 0 aliphatic carbocycles. The second kappa shape index (κ2) is 8.00. The molecule has 0 spiro atoms. The molecule has 0 saturated carbocycles. The minimum Gasteiger partial charge on any atom is -0.378 e.